The van der Waals surface area contributed by atoms with Gasteiger partial charge in [-0.15, -0.1) is 0 Å². The molecule has 82 valence electrons. The topological polar surface area (TPSA) is 77.8 Å². The van der Waals surface area contributed by atoms with Crippen LogP contribution >= 0.6 is 45.2 Å². The van der Waals surface area contributed by atoms with Crippen LogP contribution in [0.4, 0.5) is 0 Å². The second kappa shape index (κ2) is 4.68. The number of carboxylic acids is 2. The van der Waals surface area contributed by atoms with Gasteiger partial charge in [-0.3, -0.25) is 0 Å². The van der Waals surface area contributed by atoms with Gasteiger partial charge in [-0.25, -0.2) is 9.59 Å². The monoisotopic (exact) mass is 435 g/mol. The maximum atomic E-state index is 10.9. The molecular weight excluding hydrogens is 428 g/mol. The summed E-state index contributed by atoms with van der Waals surface area (Å²) < 4.78 is 1.27. The van der Waals surface area contributed by atoms with Gasteiger partial charge in [-0.1, -0.05) is 0 Å². The van der Waals surface area contributed by atoms with E-state index in [4.69, 9.17) is 10.2 Å². The fourth-order valence-corrected chi connectivity index (χ4v) is 3.98. The standard InChI is InChI=1S/C8H7I2NO4/c1-11-5(7(12)13)3(9)2-4(10)6(11)8(14)15/h2H2,1H3,(H,12,13)(H,14,15). The van der Waals surface area contributed by atoms with Crippen molar-refractivity contribution in [2.45, 2.75) is 6.42 Å². The van der Waals surface area contributed by atoms with Crippen LogP contribution in [0.5, 0.6) is 0 Å². The fraction of sp³-hybridized carbons (Fsp3) is 0.250. The highest BCUT2D eigenvalue weighted by molar-refractivity contribution is 14.1. The van der Waals surface area contributed by atoms with Gasteiger partial charge in [0.1, 0.15) is 11.4 Å². The van der Waals surface area contributed by atoms with Crippen molar-refractivity contribution >= 4 is 57.1 Å². The Kier molecular flexibility index (Phi) is 3.98. The molecule has 0 spiro atoms. The predicted octanol–water partition coefficient (Wildman–Crippen LogP) is 1.78. The van der Waals surface area contributed by atoms with Crippen LogP contribution < -0.4 is 0 Å². The Balaban J connectivity index is 3.22. The van der Waals surface area contributed by atoms with Gasteiger partial charge in [0.25, 0.3) is 0 Å². The summed E-state index contributed by atoms with van der Waals surface area (Å²) in [5.74, 6) is -2.21. The van der Waals surface area contributed by atoms with Gasteiger partial charge < -0.3 is 15.1 Å². The molecule has 5 nitrogen and oxygen atoms in total. The molecule has 0 fully saturated rings. The zero-order chi connectivity index (χ0) is 11.7. The van der Waals surface area contributed by atoms with E-state index in [0.717, 1.165) is 0 Å². The fourth-order valence-electron chi connectivity index (χ4n) is 1.30. The number of rotatable bonds is 2. The minimum atomic E-state index is -1.11. The molecule has 0 radical (unpaired) electrons. The number of hydrogen-bond donors (Lipinski definition) is 2. The zero-order valence-corrected chi connectivity index (χ0v) is 11.9. The van der Waals surface area contributed by atoms with Gasteiger partial charge in [0, 0.05) is 20.6 Å². The third-order valence-electron chi connectivity index (χ3n) is 1.90. The van der Waals surface area contributed by atoms with Gasteiger partial charge >= 0.3 is 11.9 Å². The van der Waals surface area contributed by atoms with Crippen LogP contribution in [0.15, 0.2) is 18.6 Å². The molecule has 1 rings (SSSR count). The van der Waals surface area contributed by atoms with E-state index >= 15 is 0 Å². The Morgan fingerprint density at radius 3 is 1.73 bits per heavy atom. The molecule has 0 saturated carbocycles. The molecule has 0 amide bonds. The number of halogens is 2. The second-order valence-electron chi connectivity index (χ2n) is 2.85. The third kappa shape index (κ3) is 2.44. The van der Waals surface area contributed by atoms with Gasteiger partial charge in [0.05, 0.1) is 0 Å². The Morgan fingerprint density at radius 2 is 1.47 bits per heavy atom. The van der Waals surface area contributed by atoms with Crippen molar-refractivity contribution in [3.63, 3.8) is 0 Å². The molecule has 1 heterocycles. The molecule has 15 heavy (non-hydrogen) atoms. The first-order valence-corrected chi connectivity index (χ1v) is 5.99. The van der Waals surface area contributed by atoms with Crippen LogP contribution in [-0.2, 0) is 9.59 Å². The molecule has 0 aromatic carbocycles. The summed E-state index contributed by atoms with van der Waals surface area (Å²) >= 11 is 3.85. The molecule has 7 heteroatoms. The lowest BCUT2D eigenvalue weighted by Crippen LogP contribution is -2.31. The summed E-state index contributed by atoms with van der Waals surface area (Å²) in [6.45, 7) is 0. The van der Waals surface area contributed by atoms with Gasteiger partial charge in [0.2, 0.25) is 0 Å². The quantitative estimate of drug-likeness (QED) is 0.648. The number of hydrogen-bond acceptors (Lipinski definition) is 3. The van der Waals surface area contributed by atoms with E-state index in [2.05, 4.69) is 0 Å². The van der Waals surface area contributed by atoms with Gasteiger partial charge in [-0.2, -0.15) is 0 Å². The first-order chi connectivity index (χ1) is 6.86. The third-order valence-corrected chi connectivity index (χ3v) is 3.68. The Morgan fingerprint density at radius 1 is 1.13 bits per heavy atom. The van der Waals surface area contributed by atoms with Crippen LogP contribution in [0.25, 0.3) is 0 Å². The van der Waals surface area contributed by atoms with Crippen LogP contribution in [0.2, 0.25) is 0 Å². The number of nitrogens with zero attached hydrogens (tertiary/aromatic N) is 1. The smallest absolute Gasteiger partial charge is 0.353 e. The largest absolute Gasteiger partial charge is 0.477 e. The molecule has 1 aliphatic rings. The molecule has 0 aromatic rings. The summed E-state index contributed by atoms with van der Waals surface area (Å²) in [5, 5.41) is 17.9. The molecule has 0 aromatic heterocycles. The van der Waals surface area contributed by atoms with E-state index < -0.39 is 11.9 Å². The second-order valence-corrected chi connectivity index (χ2v) is 5.46. The summed E-state index contributed by atoms with van der Waals surface area (Å²) in [6, 6.07) is 0. The first-order valence-electron chi connectivity index (χ1n) is 3.83. The Labute approximate surface area is 113 Å². The molecule has 0 bridgehead atoms. The number of carboxylic acid groups (broad SMARTS) is 2. The van der Waals surface area contributed by atoms with E-state index in [1.807, 2.05) is 45.2 Å². The average Bonchev–Trinajstić information content (AvgIpc) is 1.99. The molecule has 0 saturated heterocycles. The van der Waals surface area contributed by atoms with Crippen LogP contribution in [0.3, 0.4) is 0 Å². The molecule has 2 N–H and O–H groups in total. The van der Waals surface area contributed by atoms with E-state index in [1.165, 1.54) is 11.9 Å². The van der Waals surface area contributed by atoms with Crippen molar-refractivity contribution in [3.8, 4) is 0 Å². The van der Waals surface area contributed by atoms with Crippen molar-refractivity contribution in [2.75, 3.05) is 7.05 Å². The van der Waals surface area contributed by atoms with Crippen molar-refractivity contribution < 1.29 is 19.8 Å². The highest BCUT2D eigenvalue weighted by Gasteiger charge is 2.30. The van der Waals surface area contributed by atoms with Crippen molar-refractivity contribution in [3.05, 3.63) is 18.6 Å². The lowest BCUT2D eigenvalue weighted by atomic mass is 10.1. The average molecular weight is 435 g/mol. The number of aliphatic carboxylic acids is 2. The lowest BCUT2D eigenvalue weighted by Gasteiger charge is -2.27. The number of likely N-dealkylation sites (N-methyl/N-ethyl adjacent to an activating group) is 1. The summed E-state index contributed by atoms with van der Waals surface area (Å²) in [6.07, 6.45) is 0.370. The van der Waals surface area contributed by atoms with Crippen molar-refractivity contribution in [1.82, 2.24) is 4.90 Å². The van der Waals surface area contributed by atoms with Crippen LogP contribution in [0.1, 0.15) is 6.42 Å². The molecule has 1 aliphatic heterocycles. The van der Waals surface area contributed by atoms with Crippen LogP contribution in [-0.4, -0.2) is 34.1 Å². The van der Waals surface area contributed by atoms with Gasteiger partial charge in [0.15, 0.2) is 0 Å². The number of allylic oxidation sites excluding steroid dienone is 2. The van der Waals surface area contributed by atoms with E-state index in [1.54, 1.807) is 0 Å². The van der Waals surface area contributed by atoms with Crippen LogP contribution in [0, 0.1) is 0 Å². The van der Waals surface area contributed by atoms with Gasteiger partial charge in [-0.05, 0) is 45.2 Å². The minimum absolute atomic E-state index is 0.0356. The highest BCUT2D eigenvalue weighted by Crippen LogP contribution is 2.36. The normalized spacial score (nSPS) is 17.1. The Hall–Kier alpha value is -0.320. The number of carbonyl (C=O) groups is 2. The van der Waals surface area contributed by atoms with E-state index in [9.17, 15) is 9.59 Å². The predicted molar refractivity (Wildman–Crippen MR) is 69.7 cm³/mol. The summed E-state index contributed by atoms with van der Waals surface area (Å²) in [5.41, 5.74) is 0.0711. The van der Waals surface area contributed by atoms with Crippen molar-refractivity contribution in [2.24, 2.45) is 0 Å². The van der Waals surface area contributed by atoms with E-state index in [0.29, 0.717) is 13.6 Å². The molecule has 0 atom stereocenters. The first kappa shape index (κ1) is 12.7. The maximum Gasteiger partial charge on any atom is 0.353 e. The van der Waals surface area contributed by atoms with E-state index in [-0.39, 0.29) is 11.4 Å². The minimum Gasteiger partial charge on any atom is -0.477 e. The lowest BCUT2D eigenvalue weighted by molar-refractivity contribution is -0.135. The molecule has 0 unspecified atom stereocenters. The maximum absolute atomic E-state index is 10.9. The van der Waals surface area contributed by atoms with Crippen molar-refractivity contribution in [1.29, 1.82) is 0 Å². The summed E-state index contributed by atoms with van der Waals surface area (Å²) in [4.78, 5) is 23.1. The summed E-state index contributed by atoms with van der Waals surface area (Å²) in [7, 11) is 1.45. The molecule has 0 aliphatic carbocycles. The highest BCUT2D eigenvalue weighted by atomic mass is 127. The Bertz CT molecular complexity index is 363. The molecular formula is C8H7I2NO4. The SMILES string of the molecule is CN1C(C(=O)O)=C(I)CC(I)=C1C(=O)O. The zero-order valence-electron chi connectivity index (χ0n) is 7.62.